The van der Waals surface area contributed by atoms with Gasteiger partial charge < -0.3 is 15.4 Å². The smallest absolute Gasteiger partial charge is 0.299 e. The maximum Gasteiger partial charge on any atom is 0.299 e. The Labute approximate surface area is 90.7 Å². The van der Waals surface area contributed by atoms with Gasteiger partial charge in [0, 0.05) is 14.1 Å². The van der Waals surface area contributed by atoms with E-state index in [1.807, 2.05) is 0 Å². The summed E-state index contributed by atoms with van der Waals surface area (Å²) in [6.45, 7) is -0.752. The van der Waals surface area contributed by atoms with Crippen molar-refractivity contribution in [1.29, 1.82) is 0 Å². The number of ether oxygens (including phenoxy) is 1. The maximum absolute atomic E-state index is 13.4. The first-order valence-corrected chi connectivity index (χ1v) is 5.04. The first-order chi connectivity index (χ1) is 6.92. The van der Waals surface area contributed by atoms with Crippen LogP contribution >= 0.6 is 11.3 Å². The summed E-state index contributed by atoms with van der Waals surface area (Å²) in [6.07, 6.45) is 0. The van der Waals surface area contributed by atoms with Crippen LogP contribution in [0.4, 0.5) is 13.9 Å². The van der Waals surface area contributed by atoms with E-state index in [9.17, 15) is 8.78 Å². The Balaban J connectivity index is 3.16. The predicted molar refractivity (Wildman–Crippen MR) is 55.9 cm³/mol. The van der Waals surface area contributed by atoms with Gasteiger partial charge in [-0.15, -0.1) is 0 Å². The number of halogens is 2. The van der Waals surface area contributed by atoms with Gasteiger partial charge in [0.15, 0.2) is 5.13 Å². The quantitative estimate of drug-likeness (QED) is 0.856. The fraction of sp³-hybridized carbons (Fsp3) is 0.625. The molecule has 15 heavy (non-hydrogen) atoms. The van der Waals surface area contributed by atoms with Crippen molar-refractivity contribution in [2.75, 3.05) is 32.6 Å². The molecular weight excluding hydrogens is 224 g/mol. The van der Waals surface area contributed by atoms with Gasteiger partial charge in [0.25, 0.3) is 5.92 Å². The molecule has 0 aliphatic carbocycles. The lowest BCUT2D eigenvalue weighted by molar-refractivity contribution is 0.00742. The van der Waals surface area contributed by atoms with Crippen LogP contribution in [0.2, 0.25) is 0 Å². The highest BCUT2D eigenvalue weighted by Crippen LogP contribution is 2.41. The molecule has 2 N–H and O–H groups in total. The van der Waals surface area contributed by atoms with Crippen molar-refractivity contribution in [2.24, 2.45) is 5.73 Å². The highest BCUT2D eigenvalue weighted by atomic mass is 32.1. The molecule has 4 nitrogen and oxygen atoms in total. The lowest BCUT2D eigenvalue weighted by Gasteiger charge is -2.11. The van der Waals surface area contributed by atoms with Crippen molar-refractivity contribution in [2.45, 2.75) is 5.92 Å². The number of thiazole rings is 1. The van der Waals surface area contributed by atoms with Crippen LogP contribution in [0.5, 0.6) is 5.88 Å². The number of alkyl halides is 2. The van der Waals surface area contributed by atoms with Crippen LogP contribution < -0.4 is 15.4 Å². The van der Waals surface area contributed by atoms with Gasteiger partial charge in [-0.05, 0) is 0 Å². The van der Waals surface area contributed by atoms with Crippen molar-refractivity contribution in [1.82, 2.24) is 4.98 Å². The maximum atomic E-state index is 13.4. The van der Waals surface area contributed by atoms with E-state index < -0.39 is 12.5 Å². The number of hydrogen-bond donors (Lipinski definition) is 1. The highest BCUT2D eigenvalue weighted by molar-refractivity contribution is 7.16. The van der Waals surface area contributed by atoms with Gasteiger partial charge in [-0.25, -0.2) is 0 Å². The summed E-state index contributed by atoms with van der Waals surface area (Å²) >= 11 is 0.884. The second-order valence-corrected chi connectivity index (χ2v) is 4.12. The second-order valence-electron chi connectivity index (χ2n) is 3.14. The first-order valence-electron chi connectivity index (χ1n) is 4.23. The van der Waals surface area contributed by atoms with E-state index >= 15 is 0 Å². The summed E-state index contributed by atoms with van der Waals surface area (Å²) in [5, 5.41) is 0.468. The van der Waals surface area contributed by atoms with Gasteiger partial charge in [0.1, 0.15) is 4.88 Å². The average molecular weight is 237 g/mol. The average Bonchev–Trinajstić information content (AvgIpc) is 2.62. The molecule has 0 saturated carbocycles. The van der Waals surface area contributed by atoms with Crippen LogP contribution in [-0.4, -0.2) is 32.7 Å². The third kappa shape index (κ3) is 2.35. The van der Waals surface area contributed by atoms with Gasteiger partial charge in [-0.2, -0.15) is 13.8 Å². The Morgan fingerprint density at radius 2 is 2.13 bits per heavy atom. The minimum atomic E-state index is -3.09. The Kier molecular flexibility index (Phi) is 3.46. The molecule has 0 fully saturated rings. The van der Waals surface area contributed by atoms with Gasteiger partial charge in [0.2, 0.25) is 5.88 Å². The third-order valence-corrected chi connectivity index (χ3v) is 3.07. The van der Waals surface area contributed by atoms with E-state index in [0.29, 0.717) is 5.13 Å². The topological polar surface area (TPSA) is 51.4 Å². The summed E-state index contributed by atoms with van der Waals surface area (Å²) in [6, 6.07) is 0. The Morgan fingerprint density at radius 1 is 1.53 bits per heavy atom. The minimum absolute atomic E-state index is 0.0563. The summed E-state index contributed by atoms with van der Waals surface area (Å²) in [5.41, 5.74) is 5.01. The lowest BCUT2D eigenvalue weighted by atomic mass is 10.3. The van der Waals surface area contributed by atoms with Crippen LogP contribution in [-0.2, 0) is 5.92 Å². The number of anilines is 1. The van der Waals surface area contributed by atoms with Crippen molar-refractivity contribution < 1.29 is 13.5 Å². The molecule has 0 aliphatic heterocycles. The van der Waals surface area contributed by atoms with Gasteiger partial charge in [-0.1, -0.05) is 11.3 Å². The van der Waals surface area contributed by atoms with E-state index in [-0.39, 0.29) is 10.8 Å². The molecule has 1 aromatic heterocycles. The van der Waals surface area contributed by atoms with Crippen LogP contribution in [0.3, 0.4) is 0 Å². The number of methoxy groups -OCH3 is 1. The molecule has 0 atom stereocenters. The molecule has 0 radical (unpaired) electrons. The third-order valence-electron chi connectivity index (χ3n) is 1.75. The zero-order valence-corrected chi connectivity index (χ0v) is 9.57. The second kappa shape index (κ2) is 4.28. The molecule has 0 unspecified atom stereocenters. The normalized spacial score (nSPS) is 11.6. The molecule has 0 aromatic carbocycles. The molecule has 0 saturated heterocycles. The van der Waals surface area contributed by atoms with Crippen molar-refractivity contribution in [3.05, 3.63) is 4.88 Å². The van der Waals surface area contributed by atoms with Crippen LogP contribution in [0.15, 0.2) is 0 Å². The summed E-state index contributed by atoms with van der Waals surface area (Å²) in [4.78, 5) is 5.35. The number of nitrogens with zero attached hydrogens (tertiary/aromatic N) is 2. The molecule has 7 heteroatoms. The molecule has 1 rings (SSSR count). The standard InChI is InChI=1S/C8H13F2N3OS/c1-13(2)7-12-6(14-3)5(15-7)8(9,10)4-11/h4,11H2,1-3H3. The van der Waals surface area contributed by atoms with E-state index in [4.69, 9.17) is 10.5 Å². The Hall–Kier alpha value is -0.950. The molecule has 1 heterocycles. The van der Waals surface area contributed by atoms with E-state index in [0.717, 1.165) is 11.3 Å². The number of rotatable bonds is 4. The number of nitrogens with two attached hydrogens (primary N) is 1. The van der Waals surface area contributed by atoms with Crippen LogP contribution in [0.25, 0.3) is 0 Å². The summed E-state index contributed by atoms with van der Waals surface area (Å²) in [5.74, 6) is -3.14. The molecule has 86 valence electrons. The van der Waals surface area contributed by atoms with Crippen molar-refractivity contribution >= 4 is 16.5 Å². The SMILES string of the molecule is COc1nc(N(C)C)sc1C(F)(F)CN. The van der Waals surface area contributed by atoms with Crippen LogP contribution in [0, 0.1) is 0 Å². The Bertz CT molecular complexity index is 341. The minimum Gasteiger partial charge on any atom is -0.480 e. The Morgan fingerprint density at radius 3 is 2.53 bits per heavy atom. The summed E-state index contributed by atoms with van der Waals surface area (Å²) in [7, 11) is 4.76. The molecule has 0 bridgehead atoms. The molecule has 1 aromatic rings. The van der Waals surface area contributed by atoms with Gasteiger partial charge >= 0.3 is 0 Å². The fourth-order valence-electron chi connectivity index (χ4n) is 0.949. The monoisotopic (exact) mass is 237 g/mol. The molecule has 0 aliphatic rings. The zero-order valence-electron chi connectivity index (χ0n) is 8.75. The molecular formula is C8H13F2N3OS. The van der Waals surface area contributed by atoms with E-state index in [1.165, 1.54) is 7.11 Å². The van der Waals surface area contributed by atoms with Crippen molar-refractivity contribution in [3.63, 3.8) is 0 Å². The molecule has 0 amide bonds. The zero-order chi connectivity index (χ0) is 11.6. The number of hydrogen-bond acceptors (Lipinski definition) is 5. The van der Waals surface area contributed by atoms with Crippen LogP contribution in [0.1, 0.15) is 4.88 Å². The molecule has 0 spiro atoms. The summed E-state index contributed by atoms with van der Waals surface area (Å²) < 4.78 is 31.5. The highest BCUT2D eigenvalue weighted by Gasteiger charge is 2.37. The first kappa shape index (κ1) is 12.1. The predicted octanol–water partition coefficient (Wildman–Crippen LogP) is 1.27. The van der Waals surface area contributed by atoms with Crippen molar-refractivity contribution in [3.8, 4) is 5.88 Å². The van der Waals surface area contributed by atoms with Gasteiger partial charge in [-0.3, -0.25) is 0 Å². The van der Waals surface area contributed by atoms with Gasteiger partial charge in [0.05, 0.1) is 13.7 Å². The van der Waals surface area contributed by atoms with E-state index in [1.54, 1.807) is 19.0 Å². The number of aromatic nitrogens is 1. The fourth-order valence-corrected chi connectivity index (χ4v) is 1.89. The lowest BCUT2D eigenvalue weighted by Crippen LogP contribution is -2.24. The largest absolute Gasteiger partial charge is 0.480 e. The van der Waals surface area contributed by atoms with E-state index in [2.05, 4.69) is 4.98 Å².